The van der Waals surface area contributed by atoms with Crippen LogP contribution in [0.15, 0.2) is 127 Å². The first kappa shape index (κ1) is 33.1. The number of nitrogens with one attached hydrogen (secondary N) is 1. The van der Waals surface area contributed by atoms with E-state index in [0.29, 0.717) is 45.3 Å². The standard InChI is InChI=1S/C33H28N8O6S/c1-18-15-25(48(45,46)47)12-13-27(18)39-41-32-30(34)19(2)16-28(31(32)35)40-37-23-9-5-21(6-10-23)20-3-7-22(8-4-20)36-38-24-11-14-29(42)26(17-24)33(43)44/h3-17,36H,34-35H2,1-2H3,(H,43,44)(H,45,46,47)/b38-24-,40-37?,41-39?. The molecule has 15 heteroatoms. The summed E-state index contributed by atoms with van der Waals surface area (Å²) >= 11 is 0. The maximum absolute atomic E-state index is 11.6. The van der Waals surface area contributed by atoms with Gasteiger partial charge in [-0.15, -0.1) is 10.2 Å². The number of hydrogen-bond donors (Lipinski definition) is 5. The van der Waals surface area contributed by atoms with Crippen molar-refractivity contribution in [1.82, 2.24) is 0 Å². The van der Waals surface area contributed by atoms with Gasteiger partial charge in [0.25, 0.3) is 10.1 Å². The van der Waals surface area contributed by atoms with E-state index < -0.39 is 21.9 Å². The van der Waals surface area contributed by atoms with Crippen LogP contribution in [0.4, 0.5) is 39.8 Å². The summed E-state index contributed by atoms with van der Waals surface area (Å²) in [6.07, 6.45) is 3.80. The van der Waals surface area contributed by atoms with Crippen molar-refractivity contribution in [2.45, 2.75) is 18.7 Å². The normalized spacial score (nSPS) is 14.2. The molecule has 48 heavy (non-hydrogen) atoms. The van der Waals surface area contributed by atoms with Gasteiger partial charge in [0.15, 0.2) is 5.78 Å². The predicted molar refractivity (Wildman–Crippen MR) is 182 cm³/mol. The monoisotopic (exact) mass is 664 g/mol. The highest BCUT2D eigenvalue weighted by molar-refractivity contribution is 7.85. The lowest BCUT2D eigenvalue weighted by Gasteiger charge is -2.10. The lowest BCUT2D eigenvalue weighted by atomic mass is 10.0. The maximum atomic E-state index is 11.6. The average Bonchev–Trinajstić information content (AvgIpc) is 3.06. The van der Waals surface area contributed by atoms with Crippen molar-refractivity contribution >= 4 is 67.4 Å². The summed E-state index contributed by atoms with van der Waals surface area (Å²) in [5.74, 6) is -1.90. The molecule has 5 rings (SSSR count). The second kappa shape index (κ2) is 13.6. The van der Waals surface area contributed by atoms with Crippen LogP contribution < -0.4 is 16.9 Å². The van der Waals surface area contributed by atoms with E-state index in [1.165, 1.54) is 30.4 Å². The molecule has 7 N–H and O–H groups in total. The maximum Gasteiger partial charge on any atom is 0.339 e. The molecule has 0 aromatic heterocycles. The highest BCUT2D eigenvalue weighted by atomic mass is 32.2. The zero-order chi connectivity index (χ0) is 34.6. The number of nitrogens with zero attached hydrogens (tertiary/aromatic N) is 5. The van der Waals surface area contributed by atoms with Crippen molar-refractivity contribution in [2.75, 3.05) is 16.9 Å². The number of aliphatic carboxylic acids is 1. The summed E-state index contributed by atoms with van der Waals surface area (Å²) in [6, 6.07) is 20.3. The van der Waals surface area contributed by atoms with Crippen LogP contribution in [0, 0.1) is 13.8 Å². The Hall–Kier alpha value is -6.32. The summed E-state index contributed by atoms with van der Waals surface area (Å²) < 4.78 is 32.1. The van der Waals surface area contributed by atoms with Crippen LogP contribution in [0.5, 0.6) is 0 Å². The zero-order valence-electron chi connectivity index (χ0n) is 25.5. The summed E-state index contributed by atoms with van der Waals surface area (Å²) in [6.45, 7) is 3.39. The molecule has 0 aliphatic heterocycles. The SMILES string of the molecule is Cc1cc(S(=O)(=O)O)ccc1N=Nc1c(N)c(C)cc(N=Nc2ccc(-c3ccc(N/N=C4/C=CC(=O)C(C(=O)O)=C4)cc3)cc2)c1N. The van der Waals surface area contributed by atoms with Crippen molar-refractivity contribution in [2.24, 2.45) is 25.6 Å². The minimum absolute atomic E-state index is 0.152. The van der Waals surface area contributed by atoms with E-state index in [0.717, 1.165) is 17.2 Å². The fraction of sp³-hybridized carbons (Fsp3) is 0.0606. The lowest BCUT2D eigenvalue weighted by molar-refractivity contribution is -0.134. The predicted octanol–water partition coefficient (Wildman–Crippen LogP) is 7.13. The third-order valence-electron chi connectivity index (χ3n) is 7.15. The lowest BCUT2D eigenvalue weighted by Crippen LogP contribution is -2.15. The van der Waals surface area contributed by atoms with Gasteiger partial charge in [0.1, 0.15) is 16.9 Å². The summed E-state index contributed by atoms with van der Waals surface area (Å²) in [7, 11) is -4.36. The van der Waals surface area contributed by atoms with Crippen LogP contribution in [-0.4, -0.2) is 35.5 Å². The van der Waals surface area contributed by atoms with Crippen LogP contribution in [0.25, 0.3) is 11.1 Å². The highest BCUT2D eigenvalue weighted by Gasteiger charge is 2.19. The number of nitrogens with two attached hydrogens (primary N) is 2. The van der Waals surface area contributed by atoms with Crippen LogP contribution >= 0.6 is 0 Å². The number of rotatable bonds is 9. The fourth-order valence-electron chi connectivity index (χ4n) is 4.46. The number of carboxylic acid groups (broad SMARTS) is 1. The molecule has 4 aromatic rings. The van der Waals surface area contributed by atoms with E-state index in [1.807, 2.05) is 36.4 Å². The Labute approximate surface area is 274 Å². The van der Waals surface area contributed by atoms with Gasteiger partial charge >= 0.3 is 5.97 Å². The zero-order valence-corrected chi connectivity index (χ0v) is 26.3. The van der Waals surface area contributed by atoms with E-state index >= 15 is 0 Å². The van der Waals surface area contributed by atoms with E-state index in [4.69, 9.17) is 16.6 Å². The molecule has 0 fully saturated rings. The molecular weight excluding hydrogens is 636 g/mol. The van der Waals surface area contributed by atoms with Gasteiger partial charge in [0.05, 0.1) is 39.0 Å². The number of nitrogen functional groups attached to an aromatic ring is 2. The van der Waals surface area contributed by atoms with Crippen molar-refractivity contribution in [3.05, 3.63) is 108 Å². The van der Waals surface area contributed by atoms with Crippen LogP contribution in [-0.2, 0) is 19.7 Å². The summed E-state index contributed by atoms with van der Waals surface area (Å²) in [5, 5.41) is 30.3. The number of ketones is 1. The number of carbonyl (C=O) groups is 2. The molecule has 0 spiro atoms. The van der Waals surface area contributed by atoms with Gasteiger partial charge in [-0.1, -0.05) is 24.3 Å². The van der Waals surface area contributed by atoms with Crippen molar-refractivity contribution in [3.8, 4) is 11.1 Å². The van der Waals surface area contributed by atoms with Gasteiger partial charge in [0.2, 0.25) is 0 Å². The molecule has 0 saturated carbocycles. The molecule has 14 nitrogen and oxygen atoms in total. The molecule has 0 heterocycles. The van der Waals surface area contributed by atoms with Gasteiger partial charge in [-0.25, -0.2) is 4.79 Å². The molecule has 1 aliphatic rings. The molecular formula is C33H28N8O6S. The smallest absolute Gasteiger partial charge is 0.339 e. The second-order valence-electron chi connectivity index (χ2n) is 10.5. The third kappa shape index (κ3) is 7.55. The first-order valence-corrected chi connectivity index (χ1v) is 15.6. The number of anilines is 3. The first-order valence-electron chi connectivity index (χ1n) is 14.1. The Morgan fingerprint density at radius 2 is 1.42 bits per heavy atom. The number of carboxylic acids is 1. The average molecular weight is 665 g/mol. The molecule has 0 atom stereocenters. The molecule has 242 valence electrons. The van der Waals surface area contributed by atoms with E-state index in [9.17, 15) is 22.6 Å². The van der Waals surface area contributed by atoms with Gasteiger partial charge in [-0.2, -0.15) is 23.7 Å². The highest BCUT2D eigenvalue weighted by Crippen LogP contribution is 2.41. The van der Waals surface area contributed by atoms with Gasteiger partial charge < -0.3 is 16.6 Å². The molecule has 0 bridgehead atoms. The van der Waals surface area contributed by atoms with E-state index in [2.05, 4.69) is 31.0 Å². The first-order chi connectivity index (χ1) is 22.8. The van der Waals surface area contributed by atoms with Crippen LogP contribution in [0.2, 0.25) is 0 Å². The number of aryl methyl sites for hydroxylation is 2. The number of carbonyl (C=O) groups excluding carboxylic acids is 1. The quantitative estimate of drug-likeness (QED) is 0.0305. The van der Waals surface area contributed by atoms with E-state index in [1.54, 1.807) is 32.0 Å². The van der Waals surface area contributed by atoms with Crippen LogP contribution in [0.3, 0.4) is 0 Å². The largest absolute Gasteiger partial charge is 0.478 e. The summed E-state index contributed by atoms with van der Waals surface area (Å²) in [5.41, 5.74) is 20.9. The Kier molecular flexibility index (Phi) is 9.35. The fourth-order valence-corrected chi connectivity index (χ4v) is 5.03. The molecule has 0 amide bonds. The van der Waals surface area contributed by atoms with Crippen LogP contribution in [0.1, 0.15) is 11.1 Å². The Morgan fingerprint density at radius 3 is 2.04 bits per heavy atom. The molecule has 0 saturated heterocycles. The second-order valence-corrected chi connectivity index (χ2v) is 12.0. The summed E-state index contributed by atoms with van der Waals surface area (Å²) in [4.78, 5) is 22.6. The number of hydrogen-bond acceptors (Lipinski definition) is 12. The van der Waals surface area contributed by atoms with Crippen molar-refractivity contribution in [1.29, 1.82) is 0 Å². The number of benzene rings is 4. The Morgan fingerprint density at radius 1 is 0.771 bits per heavy atom. The molecule has 1 aliphatic carbocycles. The number of hydrazone groups is 1. The van der Waals surface area contributed by atoms with Gasteiger partial charge in [-0.3, -0.25) is 14.8 Å². The third-order valence-corrected chi connectivity index (χ3v) is 8.00. The molecule has 4 aromatic carbocycles. The molecule has 0 radical (unpaired) electrons. The topological polar surface area (TPSA) is 235 Å². The van der Waals surface area contributed by atoms with Crippen molar-refractivity contribution < 1.29 is 27.7 Å². The Bertz CT molecular complexity index is 2210. The minimum atomic E-state index is -4.36. The van der Waals surface area contributed by atoms with Gasteiger partial charge in [-0.05, 0) is 103 Å². The van der Waals surface area contributed by atoms with Gasteiger partial charge in [0, 0.05) is 0 Å². The number of allylic oxidation sites excluding steroid dienone is 3. The van der Waals surface area contributed by atoms with Crippen molar-refractivity contribution in [3.63, 3.8) is 0 Å². The molecule has 0 unspecified atom stereocenters. The number of azo groups is 2. The van der Waals surface area contributed by atoms with E-state index in [-0.39, 0.29) is 21.8 Å². The Balaban J connectivity index is 1.29. The minimum Gasteiger partial charge on any atom is -0.478 e.